The molecule has 140 valence electrons. The van der Waals surface area contributed by atoms with Gasteiger partial charge in [0.2, 0.25) is 0 Å². The van der Waals surface area contributed by atoms with Gasteiger partial charge in [0.05, 0.1) is 0 Å². The predicted molar refractivity (Wildman–Crippen MR) is 98.6 cm³/mol. The number of rotatable bonds is 5. The van der Waals surface area contributed by atoms with Gasteiger partial charge in [0.15, 0.2) is 12.4 Å². The maximum Gasteiger partial charge on any atom is 0.274 e. The topological polar surface area (TPSA) is 97.6 Å². The Bertz CT molecular complexity index is 911. The van der Waals surface area contributed by atoms with Crippen molar-refractivity contribution in [3.05, 3.63) is 47.6 Å². The lowest BCUT2D eigenvalue weighted by molar-refractivity contribution is -0.144. The van der Waals surface area contributed by atoms with Gasteiger partial charge < -0.3 is 14.6 Å². The van der Waals surface area contributed by atoms with Crippen LogP contribution < -0.4 is 10.1 Å². The fraction of sp³-hybridized carbons (Fsp3) is 0.333. The second-order valence-corrected chi connectivity index (χ2v) is 7.44. The maximum atomic E-state index is 12.7. The monoisotopic (exact) mass is 386 g/mol. The second kappa shape index (κ2) is 7.07. The van der Waals surface area contributed by atoms with Crippen molar-refractivity contribution in [2.75, 3.05) is 12.4 Å². The molecule has 9 heteroatoms. The van der Waals surface area contributed by atoms with Crippen LogP contribution in [0.25, 0.3) is 5.70 Å². The van der Waals surface area contributed by atoms with Crippen LogP contribution in [0.2, 0.25) is 0 Å². The molecule has 1 aromatic heterocycles. The predicted octanol–water partition coefficient (Wildman–Crippen LogP) is 1.59. The quantitative estimate of drug-likeness (QED) is 0.779. The summed E-state index contributed by atoms with van der Waals surface area (Å²) in [6.45, 7) is 3.52. The number of aryl methyl sites for hydroxylation is 1. The molecule has 1 aromatic carbocycles. The van der Waals surface area contributed by atoms with E-state index in [-0.39, 0.29) is 23.8 Å². The molecule has 0 unspecified atom stereocenters. The molecule has 2 aliphatic heterocycles. The number of thioether (sulfide) groups is 1. The number of amides is 2. The van der Waals surface area contributed by atoms with E-state index in [1.54, 1.807) is 35.7 Å². The SMILES string of the molecule is CC1=C(c2nc(C)no2)N2C(=O)[C@@H](NC(=O)COc3ccccc3)[C@H]2SC1. The zero-order chi connectivity index (χ0) is 19.0. The molecule has 2 atom stereocenters. The molecular weight excluding hydrogens is 368 g/mol. The van der Waals surface area contributed by atoms with E-state index < -0.39 is 6.04 Å². The first-order valence-corrected chi connectivity index (χ1v) is 9.52. The molecule has 1 saturated heterocycles. The summed E-state index contributed by atoms with van der Waals surface area (Å²) in [5, 5.41) is 6.38. The highest BCUT2D eigenvalue weighted by Gasteiger charge is 2.53. The van der Waals surface area contributed by atoms with Gasteiger partial charge in [0.25, 0.3) is 17.7 Å². The van der Waals surface area contributed by atoms with E-state index in [1.807, 2.05) is 25.1 Å². The van der Waals surface area contributed by atoms with Gasteiger partial charge in [0, 0.05) is 5.75 Å². The summed E-state index contributed by atoms with van der Waals surface area (Å²) in [6, 6.07) is 8.48. The number of para-hydroxylation sites is 1. The van der Waals surface area contributed by atoms with Crippen LogP contribution in [0.1, 0.15) is 18.6 Å². The zero-order valence-electron chi connectivity index (χ0n) is 14.8. The Labute approximate surface area is 159 Å². The number of nitrogens with one attached hydrogen (secondary N) is 1. The van der Waals surface area contributed by atoms with E-state index >= 15 is 0 Å². The Hall–Kier alpha value is -2.81. The fourth-order valence-electron chi connectivity index (χ4n) is 3.05. The number of nitrogens with zero attached hydrogens (tertiary/aromatic N) is 3. The van der Waals surface area contributed by atoms with Crippen molar-refractivity contribution in [1.29, 1.82) is 0 Å². The molecule has 1 N–H and O–H groups in total. The lowest BCUT2D eigenvalue weighted by Gasteiger charge is -2.49. The molecule has 0 aliphatic carbocycles. The minimum atomic E-state index is -0.589. The highest BCUT2D eigenvalue weighted by atomic mass is 32.2. The number of carbonyl (C=O) groups excluding carboxylic acids is 2. The molecule has 0 bridgehead atoms. The van der Waals surface area contributed by atoms with E-state index in [2.05, 4.69) is 15.5 Å². The summed E-state index contributed by atoms with van der Waals surface area (Å²) in [5.74, 6) is 1.65. The van der Waals surface area contributed by atoms with Crippen LogP contribution in [0.15, 0.2) is 40.4 Å². The van der Waals surface area contributed by atoms with E-state index in [0.29, 0.717) is 23.2 Å². The van der Waals surface area contributed by atoms with Crippen LogP contribution in [-0.2, 0) is 9.59 Å². The maximum absolute atomic E-state index is 12.7. The van der Waals surface area contributed by atoms with Gasteiger partial charge in [-0.05, 0) is 31.6 Å². The number of hydrogen-bond donors (Lipinski definition) is 1. The Morgan fingerprint density at radius 3 is 2.85 bits per heavy atom. The molecule has 2 amide bonds. The number of ether oxygens (including phenoxy) is 1. The van der Waals surface area contributed by atoms with Gasteiger partial charge in [-0.1, -0.05) is 23.4 Å². The lowest BCUT2D eigenvalue weighted by Crippen LogP contribution is -2.69. The van der Waals surface area contributed by atoms with Crippen LogP contribution in [0, 0.1) is 6.92 Å². The normalized spacial score (nSPS) is 21.6. The molecule has 4 rings (SSSR count). The molecule has 0 radical (unpaired) electrons. The zero-order valence-corrected chi connectivity index (χ0v) is 15.7. The van der Waals surface area contributed by atoms with E-state index in [4.69, 9.17) is 9.26 Å². The Balaban J connectivity index is 1.41. The number of aromatic nitrogens is 2. The van der Waals surface area contributed by atoms with Gasteiger partial charge in [-0.2, -0.15) is 4.98 Å². The van der Waals surface area contributed by atoms with Crippen molar-refractivity contribution in [2.24, 2.45) is 0 Å². The summed E-state index contributed by atoms with van der Waals surface area (Å²) in [6.07, 6.45) is 0. The van der Waals surface area contributed by atoms with E-state index in [1.165, 1.54) is 0 Å². The number of fused-ring (bicyclic) bond motifs is 1. The van der Waals surface area contributed by atoms with Crippen LogP contribution in [0.5, 0.6) is 5.75 Å². The number of β-lactam (4-membered cyclic amide) rings is 1. The summed E-state index contributed by atoms with van der Waals surface area (Å²) >= 11 is 1.60. The van der Waals surface area contributed by atoms with Crippen LogP contribution in [0.3, 0.4) is 0 Å². The van der Waals surface area contributed by atoms with E-state index in [9.17, 15) is 9.59 Å². The lowest BCUT2D eigenvalue weighted by atomic mass is 10.0. The van der Waals surface area contributed by atoms with Crippen molar-refractivity contribution in [1.82, 2.24) is 20.4 Å². The van der Waals surface area contributed by atoms with Gasteiger partial charge in [-0.15, -0.1) is 11.8 Å². The highest BCUT2D eigenvalue weighted by molar-refractivity contribution is 8.00. The Morgan fingerprint density at radius 1 is 1.37 bits per heavy atom. The van der Waals surface area contributed by atoms with Gasteiger partial charge >= 0.3 is 0 Å². The minimum Gasteiger partial charge on any atom is -0.484 e. The smallest absolute Gasteiger partial charge is 0.274 e. The molecule has 0 spiro atoms. The molecular formula is C18H18N4O4S. The van der Waals surface area contributed by atoms with Crippen molar-refractivity contribution in [2.45, 2.75) is 25.3 Å². The summed E-state index contributed by atoms with van der Waals surface area (Å²) < 4.78 is 10.7. The van der Waals surface area contributed by atoms with E-state index in [0.717, 1.165) is 11.3 Å². The van der Waals surface area contributed by atoms with Crippen LogP contribution >= 0.6 is 11.8 Å². The summed E-state index contributed by atoms with van der Waals surface area (Å²) in [5.41, 5.74) is 1.64. The molecule has 3 heterocycles. The van der Waals surface area contributed by atoms with Crippen LogP contribution in [-0.4, -0.2) is 50.6 Å². The van der Waals surface area contributed by atoms with Crippen molar-refractivity contribution < 1.29 is 18.8 Å². The number of benzene rings is 1. The standard InChI is InChI=1S/C18H18N4O4S/c1-10-9-27-18-14(20-13(23)8-25-12-6-4-3-5-7-12)17(24)22(18)15(10)16-19-11(2)21-26-16/h3-7,14,18H,8-9H2,1-2H3,(H,20,23)/t14-,18-/m1/s1. The Morgan fingerprint density at radius 2 is 2.15 bits per heavy atom. The molecule has 27 heavy (non-hydrogen) atoms. The third-order valence-corrected chi connectivity index (χ3v) is 5.74. The average Bonchev–Trinajstić information content (AvgIpc) is 3.11. The molecule has 0 saturated carbocycles. The highest BCUT2D eigenvalue weighted by Crippen LogP contribution is 2.43. The van der Waals surface area contributed by atoms with Gasteiger partial charge in [-0.3, -0.25) is 14.5 Å². The number of hydrogen-bond acceptors (Lipinski definition) is 7. The third kappa shape index (κ3) is 3.30. The largest absolute Gasteiger partial charge is 0.484 e. The molecule has 2 aromatic rings. The van der Waals surface area contributed by atoms with Crippen LogP contribution in [0.4, 0.5) is 0 Å². The fourth-order valence-corrected chi connectivity index (χ4v) is 4.34. The minimum absolute atomic E-state index is 0.143. The summed E-state index contributed by atoms with van der Waals surface area (Å²) in [7, 11) is 0. The number of carbonyl (C=O) groups is 2. The van der Waals surface area contributed by atoms with Crippen molar-refractivity contribution >= 4 is 29.3 Å². The first kappa shape index (κ1) is 17.6. The molecule has 1 fully saturated rings. The van der Waals surface area contributed by atoms with Gasteiger partial charge in [-0.25, -0.2) is 0 Å². The Kier molecular flexibility index (Phi) is 4.61. The van der Waals surface area contributed by atoms with Crippen molar-refractivity contribution in [3.63, 3.8) is 0 Å². The first-order valence-electron chi connectivity index (χ1n) is 8.47. The van der Waals surface area contributed by atoms with Crippen molar-refractivity contribution in [3.8, 4) is 5.75 Å². The third-order valence-electron chi connectivity index (χ3n) is 4.32. The van der Waals surface area contributed by atoms with Gasteiger partial charge in [0.1, 0.15) is 22.9 Å². The molecule has 2 aliphatic rings. The summed E-state index contributed by atoms with van der Waals surface area (Å²) in [4.78, 5) is 30.7. The molecule has 8 nitrogen and oxygen atoms in total. The first-order chi connectivity index (χ1) is 13.0. The second-order valence-electron chi connectivity index (χ2n) is 6.33. The average molecular weight is 386 g/mol.